The largest absolute Gasteiger partial charge is 0.496 e. The van der Waals surface area contributed by atoms with Crippen molar-refractivity contribution in [3.8, 4) is 28.5 Å². The summed E-state index contributed by atoms with van der Waals surface area (Å²) < 4.78 is 13.7. The van der Waals surface area contributed by atoms with Gasteiger partial charge in [0.05, 0.1) is 24.3 Å². The SMILES string of the molecule is COc1cc(-c2nnc3n2CCCC32CCc3cc(Cl)ccc32)ccc1-c1cnc(C)o1. The molecule has 3 heterocycles. The van der Waals surface area contributed by atoms with Crippen LogP contribution in [0, 0.1) is 6.92 Å². The van der Waals surface area contributed by atoms with Gasteiger partial charge in [-0.05, 0) is 61.1 Å². The average Bonchev–Trinajstić information content (AvgIpc) is 3.52. The first-order valence-corrected chi connectivity index (χ1v) is 11.3. The fraction of sp³-hybridized carbons (Fsp3) is 0.320. The monoisotopic (exact) mass is 446 g/mol. The molecule has 0 radical (unpaired) electrons. The van der Waals surface area contributed by atoms with Crippen LogP contribution in [0.15, 0.2) is 47.0 Å². The number of ether oxygens (including phenoxy) is 1. The predicted molar refractivity (Wildman–Crippen MR) is 122 cm³/mol. The van der Waals surface area contributed by atoms with Gasteiger partial charge < -0.3 is 13.7 Å². The topological polar surface area (TPSA) is 66.0 Å². The molecule has 0 saturated heterocycles. The zero-order valence-corrected chi connectivity index (χ0v) is 18.8. The van der Waals surface area contributed by atoms with E-state index in [1.807, 2.05) is 25.1 Å². The van der Waals surface area contributed by atoms with Crippen LogP contribution in [-0.4, -0.2) is 26.9 Å². The van der Waals surface area contributed by atoms with E-state index in [0.717, 1.165) is 65.8 Å². The maximum absolute atomic E-state index is 6.27. The number of hydrogen-bond donors (Lipinski definition) is 0. The maximum atomic E-state index is 6.27. The molecule has 162 valence electrons. The third-order valence-electron chi connectivity index (χ3n) is 6.91. The molecule has 1 aliphatic carbocycles. The molecule has 0 amide bonds. The van der Waals surface area contributed by atoms with Crippen molar-refractivity contribution in [3.05, 3.63) is 70.5 Å². The van der Waals surface area contributed by atoms with E-state index in [0.29, 0.717) is 11.7 Å². The van der Waals surface area contributed by atoms with Crippen molar-refractivity contribution in [2.75, 3.05) is 7.11 Å². The molecule has 6 nitrogen and oxygen atoms in total. The molecule has 6 rings (SSSR count). The van der Waals surface area contributed by atoms with Crippen LogP contribution in [-0.2, 0) is 18.4 Å². The van der Waals surface area contributed by atoms with Gasteiger partial charge in [0.2, 0.25) is 0 Å². The van der Waals surface area contributed by atoms with Crippen LogP contribution in [0.5, 0.6) is 5.75 Å². The number of fused-ring (bicyclic) bond motifs is 4. The van der Waals surface area contributed by atoms with Crippen LogP contribution in [0.3, 0.4) is 0 Å². The van der Waals surface area contributed by atoms with Gasteiger partial charge in [0.1, 0.15) is 11.6 Å². The Kier molecular flexibility index (Phi) is 4.40. The molecule has 1 atom stereocenters. The van der Waals surface area contributed by atoms with Gasteiger partial charge in [0, 0.05) is 24.1 Å². The van der Waals surface area contributed by atoms with Gasteiger partial charge in [-0.3, -0.25) is 0 Å². The number of hydrogen-bond acceptors (Lipinski definition) is 5. The van der Waals surface area contributed by atoms with Gasteiger partial charge >= 0.3 is 0 Å². The Bertz CT molecular complexity index is 1340. The minimum atomic E-state index is -0.0786. The summed E-state index contributed by atoms with van der Waals surface area (Å²) in [4.78, 5) is 4.21. The van der Waals surface area contributed by atoms with Crippen molar-refractivity contribution >= 4 is 11.6 Å². The van der Waals surface area contributed by atoms with Gasteiger partial charge in [-0.2, -0.15) is 0 Å². The summed E-state index contributed by atoms with van der Waals surface area (Å²) in [6.45, 7) is 2.74. The summed E-state index contributed by atoms with van der Waals surface area (Å²) in [5.41, 5.74) is 4.46. The first kappa shape index (κ1) is 19.6. The quantitative estimate of drug-likeness (QED) is 0.410. The molecule has 7 heteroatoms. The minimum absolute atomic E-state index is 0.0786. The number of aromatic nitrogens is 4. The second-order valence-electron chi connectivity index (χ2n) is 8.64. The zero-order valence-electron chi connectivity index (χ0n) is 18.1. The van der Waals surface area contributed by atoms with Gasteiger partial charge in [-0.15, -0.1) is 10.2 Å². The Balaban J connectivity index is 1.44. The molecule has 0 N–H and O–H groups in total. The lowest BCUT2D eigenvalue weighted by atomic mass is 9.75. The summed E-state index contributed by atoms with van der Waals surface area (Å²) in [7, 11) is 1.67. The lowest BCUT2D eigenvalue weighted by Gasteiger charge is -2.34. The molecule has 0 saturated carbocycles. The maximum Gasteiger partial charge on any atom is 0.191 e. The van der Waals surface area contributed by atoms with E-state index in [4.69, 9.17) is 25.9 Å². The third-order valence-corrected chi connectivity index (χ3v) is 7.15. The standard InChI is InChI=1S/C25H23ClN4O2/c1-15-27-14-22(32-15)19-6-4-17(13-21(19)31-2)23-28-29-24-25(9-3-11-30(23)24)10-8-16-12-18(26)5-7-20(16)25/h4-7,12-14H,3,8-11H2,1-2H3. The van der Waals surface area contributed by atoms with E-state index in [2.05, 4.69) is 32.8 Å². The number of methoxy groups -OCH3 is 1. The van der Waals surface area contributed by atoms with Gasteiger partial charge in [0.25, 0.3) is 0 Å². The number of benzene rings is 2. The van der Waals surface area contributed by atoms with E-state index in [-0.39, 0.29) is 5.41 Å². The summed E-state index contributed by atoms with van der Waals surface area (Å²) in [6.07, 6.45) is 5.98. The highest BCUT2D eigenvalue weighted by atomic mass is 35.5. The second-order valence-corrected chi connectivity index (χ2v) is 9.08. The van der Waals surface area contributed by atoms with Crippen LogP contribution >= 0.6 is 11.6 Å². The molecule has 1 spiro atoms. The zero-order chi connectivity index (χ0) is 21.9. The molecule has 0 bridgehead atoms. The van der Waals surface area contributed by atoms with Crippen molar-refractivity contribution < 1.29 is 9.15 Å². The molecule has 2 aromatic heterocycles. The van der Waals surface area contributed by atoms with E-state index in [1.165, 1.54) is 11.1 Å². The third kappa shape index (κ3) is 2.82. The highest BCUT2D eigenvalue weighted by molar-refractivity contribution is 6.30. The van der Waals surface area contributed by atoms with Gasteiger partial charge in [-0.1, -0.05) is 23.7 Å². The Labute approximate surface area is 191 Å². The summed E-state index contributed by atoms with van der Waals surface area (Å²) in [5, 5.41) is 10.2. The number of nitrogens with zero attached hydrogens (tertiary/aromatic N) is 4. The summed E-state index contributed by atoms with van der Waals surface area (Å²) in [5.74, 6) is 3.98. The van der Waals surface area contributed by atoms with E-state index in [1.54, 1.807) is 13.3 Å². The molecule has 1 unspecified atom stereocenters. The van der Waals surface area contributed by atoms with Crippen LogP contribution in [0.2, 0.25) is 5.02 Å². The molecule has 4 aromatic rings. The lowest BCUT2D eigenvalue weighted by Crippen LogP contribution is -2.33. The highest BCUT2D eigenvalue weighted by Gasteiger charge is 2.46. The molecule has 2 aromatic carbocycles. The van der Waals surface area contributed by atoms with Crippen LogP contribution in [0.1, 0.15) is 42.1 Å². The Morgan fingerprint density at radius 1 is 1.12 bits per heavy atom. The molecular formula is C25H23ClN4O2. The highest BCUT2D eigenvalue weighted by Crippen LogP contribution is 2.50. The van der Waals surface area contributed by atoms with Crippen molar-refractivity contribution in [2.45, 2.75) is 44.6 Å². The molecular weight excluding hydrogens is 424 g/mol. The van der Waals surface area contributed by atoms with Gasteiger partial charge in [0.15, 0.2) is 17.5 Å². The van der Waals surface area contributed by atoms with Gasteiger partial charge in [-0.25, -0.2) is 4.98 Å². The van der Waals surface area contributed by atoms with Crippen LogP contribution in [0.25, 0.3) is 22.7 Å². The number of halogens is 1. The summed E-state index contributed by atoms with van der Waals surface area (Å²) >= 11 is 6.27. The van der Waals surface area contributed by atoms with Crippen molar-refractivity contribution in [3.63, 3.8) is 0 Å². The molecule has 1 aliphatic heterocycles. The second kappa shape index (κ2) is 7.20. The molecule has 32 heavy (non-hydrogen) atoms. The van der Waals surface area contributed by atoms with Crippen molar-refractivity contribution in [2.24, 2.45) is 0 Å². The predicted octanol–water partition coefficient (Wildman–Crippen LogP) is 5.60. The lowest BCUT2D eigenvalue weighted by molar-refractivity contribution is 0.351. The van der Waals surface area contributed by atoms with Crippen LogP contribution < -0.4 is 4.74 Å². The Morgan fingerprint density at radius 3 is 2.84 bits per heavy atom. The Morgan fingerprint density at radius 2 is 2.03 bits per heavy atom. The van der Waals surface area contributed by atoms with E-state index in [9.17, 15) is 0 Å². The normalized spacial score (nSPS) is 19.2. The average molecular weight is 447 g/mol. The number of rotatable bonds is 3. The first-order valence-electron chi connectivity index (χ1n) is 10.9. The van der Waals surface area contributed by atoms with E-state index < -0.39 is 0 Å². The summed E-state index contributed by atoms with van der Waals surface area (Å²) in [6, 6.07) is 12.4. The van der Waals surface area contributed by atoms with Crippen LogP contribution in [0.4, 0.5) is 0 Å². The molecule has 2 aliphatic rings. The molecule has 0 fully saturated rings. The minimum Gasteiger partial charge on any atom is -0.496 e. The fourth-order valence-corrected chi connectivity index (χ4v) is 5.66. The van der Waals surface area contributed by atoms with Crippen molar-refractivity contribution in [1.29, 1.82) is 0 Å². The number of oxazole rings is 1. The van der Waals surface area contributed by atoms with E-state index >= 15 is 0 Å². The number of aryl methyl sites for hydroxylation is 2. The fourth-order valence-electron chi connectivity index (χ4n) is 5.46. The van der Waals surface area contributed by atoms with Crippen molar-refractivity contribution in [1.82, 2.24) is 19.7 Å². The Hall–Kier alpha value is -3.12. The first-order chi connectivity index (χ1) is 15.6. The smallest absolute Gasteiger partial charge is 0.191 e.